The first-order valence-corrected chi connectivity index (χ1v) is 6.70. The molecular formula is C15H14FN3O2. The Morgan fingerprint density at radius 3 is 2.95 bits per heavy atom. The quantitative estimate of drug-likeness (QED) is 0.643. The molecule has 0 spiro atoms. The second-order valence-electron chi connectivity index (χ2n) is 5.01. The summed E-state index contributed by atoms with van der Waals surface area (Å²) in [6.07, 6.45) is 2.32. The molecule has 2 aromatic rings. The van der Waals surface area contributed by atoms with Gasteiger partial charge >= 0.3 is 5.69 Å². The molecule has 1 aromatic carbocycles. The number of pyridine rings is 1. The monoisotopic (exact) mass is 287 g/mol. The van der Waals surface area contributed by atoms with E-state index >= 15 is 0 Å². The highest BCUT2D eigenvalue weighted by Crippen LogP contribution is 2.30. The van der Waals surface area contributed by atoms with Crippen LogP contribution >= 0.6 is 0 Å². The Kier molecular flexibility index (Phi) is 3.51. The maximum Gasteiger partial charge on any atom is 0.311 e. The molecule has 5 nitrogen and oxygen atoms in total. The van der Waals surface area contributed by atoms with Crippen molar-refractivity contribution >= 4 is 11.5 Å². The minimum absolute atomic E-state index is 0.00240. The molecule has 1 aliphatic rings. The summed E-state index contributed by atoms with van der Waals surface area (Å²) in [5, 5.41) is 11.1. The second kappa shape index (κ2) is 5.47. The molecule has 0 bridgehead atoms. The second-order valence-corrected chi connectivity index (χ2v) is 5.01. The molecule has 0 aliphatic carbocycles. The summed E-state index contributed by atoms with van der Waals surface area (Å²) >= 11 is 0. The van der Waals surface area contributed by atoms with E-state index in [1.807, 2.05) is 17.0 Å². The maximum absolute atomic E-state index is 12.8. The van der Waals surface area contributed by atoms with E-state index in [-0.39, 0.29) is 5.69 Å². The van der Waals surface area contributed by atoms with Crippen molar-refractivity contribution in [1.29, 1.82) is 0 Å². The summed E-state index contributed by atoms with van der Waals surface area (Å²) in [7, 11) is 0. The predicted octanol–water partition coefficient (Wildman–Crippen LogP) is 3.02. The molecule has 0 fully saturated rings. The van der Waals surface area contributed by atoms with Crippen LogP contribution in [0.2, 0.25) is 0 Å². The van der Waals surface area contributed by atoms with Gasteiger partial charge in [-0.3, -0.25) is 10.1 Å². The van der Waals surface area contributed by atoms with E-state index in [4.69, 9.17) is 0 Å². The average Bonchev–Trinajstić information content (AvgIpc) is 2.53. The van der Waals surface area contributed by atoms with Gasteiger partial charge in [0.2, 0.25) is 5.82 Å². The molecule has 1 aromatic heterocycles. The van der Waals surface area contributed by atoms with Gasteiger partial charge < -0.3 is 4.90 Å². The van der Waals surface area contributed by atoms with Crippen molar-refractivity contribution in [3.8, 4) is 0 Å². The highest BCUT2D eigenvalue weighted by Gasteiger charge is 2.24. The van der Waals surface area contributed by atoms with E-state index in [9.17, 15) is 14.5 Å². The van der Waals surface area contributed by atoms with Gasteiger partial charge in [0.1, 0.15) is 6.67 Å². The Hall–Kier alpha value is -2.50. The lowest BCUT2D eigenvalue weighted by Crippen LogP contribution is -2.31. The van der Waals surface area contributed by atoms with Crippen LogP contribution in [0.1, 0.15) is 16.7 Å². The third kappa shape index (κ3) is 2.56. The number of nitrogens with zero attached hydrogens (tertiary/aromatic N) is 3. The molecule has 108 valence electrons. The van der Waals surface area contributed by atoms with Crippen LogP contribution in [0.5, 0.6) is 0 Å². The van der Waals surface area contributed by atoms with Crippen molar-refractivity contribution in [2.24, 2.45) is 0 Å². The number of rotatable bonds is 3. The molecule has 1 aliphatic heterocycles. The number of halogens is 1. The van der Waals surface area contributed by atoms with Crippen molar-refractivity contribution < 1.29 is 9.31 Å². The first-order valence-electron chi connectivity index (χ1n) is 6.70. The molecular weight excluding hydrogens is 273 g/mol. The van der Waals surface area contributed by atoms with E-state index in [1.54, 1.807) is 18.3 Å². The first-order chi connectivity index (χ1) is 10.2. The molecule has 2 heterocycles. The number of nitro groups is 1. The van der Waals surface area contributed by atoms with Gasteiger partial charge in [-0.2, -0.15) is 0 Å². The molecule has 0 atom stereocenters. The van der Waals surface area contributed by atoms with E-state index in [0.717, 1.165) is 12.0 Å². The zero-order valence-electron chi connectivity index (χ0n) is 11.3. The topological polar surface area (TPSA) is 59.3 Å². The summed E-state index contributed by atoms with van der Waals surface area (Å²) in [4.78, 5) is 16.7. The van der Waals surface area contributed by atoms with Crippen LogP contribution in [0.4, 0.5) is 15.9 Å². The minimum Gasteiger partial charge on any atom is -0.346 e. The molecule has 6 heteroatoms. The van der Waals surface area contributed by atoms with Crippen molar-refractivity contribution in [3.63, 3.8) is 0 Å². The number of benzene rings is 1. The summed E-state index contributed by atoms with van der Waals surface area (Å²) < 4.78 is 12.8. The molecule has 21 heavy (non-hydrogen) atoms. The lowest BCUT2D eigenvalue weighted by Gasteiger charge is -2.29. The average molecular weight is 287 g/mol. The van der Waals surface area contributed by atoms with Gasteiger partial charge in [0.05, 0.1) is 4.92 Å². The summed E-state index contributed by atoms with van der Waals surface area (Å²) in [5.74, 6) is 0.374. The third-order valence-electron chi connectivity index (χ3n) is 3.70. The Morgan fingerprint density at radius 1 is 1.33 bits per heavy atom. The number of hydrogen-bond donors (Lipinski definition) is 0. The highest BCUT2D eigenvalue weighted by molar-refractivity contribution is 5.58. The highest BCUT2D eigenvalue weighted by atomic mass is 19.1. The van der Waals surface area contributed by atoms with Crippen molar-refractivity contribution in [3.05, 3.63) is 63.3 Å². The van der Waals surface area contributed by atoms with Gasteiger partial charge in [-0.1, -0.05) is 18.2 Å². The number of aromatic nitrogens is 1. The minimum atomic E-state index is -0.503. The van der Waals surface area contributed by atoms with Crippen LogP contribution in [-0.2, 0) is 19.6 Å². The fourth-order valence-corrected chi connectivity index (χ4v) is 2.65. The molecule has 0 saturated heterocycles. The van der Waals surface area contributed by atoms with Crippen LogP contribution < -0.4 is 4.90 Å². The van der Waals surface area contributed by atoms with Crippen LogP contribution in [0.15, 0.2) is 36.5 Å². The molecule has 0 amide bonds. The van der Waals surface area contributed by atoms with Gasteiger partial charge in [0.25, 0.3) is 0 Å². The fourth-order valence-electron chi connectivity index (χ4n) is 2.65. The fraction of sp³-hybridized carbons (Fsp3) is 0.267. The number of fused-ring (bicyclic) bond motifs is 1. The summed E-state index contributed by atoms with van der Waals surface area (Å²) in [5.41, 5.74) is 2.81. The van der Waals surface area contributed by atoms with Gasteiger partial charge in [0, 0.05) is 25.4 Å². The largest absolute Gasteiger partial charge is 0.346 e. The Balaban J connectivity index is 1.94. The van der Waals surface area contributed by atoms with Gasteiger partial charge in [-0.25, -0.2) is 9.37 Å². The number of alkyl halides is 1. The lowest BCUT2D eigenvalue weighted by atomic mass is 9.97. The van der Waals surface area contributed by atoms with Crippen LogP contribution in [0, 0.1) is 10.1 Å². The number of anilines is 1. The van der Waals surface area contributed by atoms with Crippen LogP contribution in [0.25, 0.3) is 0 Å². The Bertz CT molecular complexity index is 690. The Labute approximate surface area is 121 Å². The lowest BCUT2D eigenvalue weighted by molar-refractivity contribution is -0.384. The van der Waals surface area contributed by atoms with E-state index in [0.29, 0.717) is 24.5 Å². The van der Waals surface area contributed by atoms with E-state index in [2.05, 4.69) is 4.98 Å². The molecule has 0 saturated carbocycles. The molecule has 0 radical (unpaired) electrons. The maximum atomic E-state index is 12.8. The van der Waals surface area contributed by atoms with Crippen molar-refractivity contribution in [1.82, 2.24) is 4.98 Å². The van der Waals surface area contributed by atoms with Crippen molar-refractivity contribution in [2.75, 3.05) is 11.4 Å². The first kappa shape index (κ1) is 13.5. The third-order valence-corrected chi connectivity index (χ3v) is 3.70. The Morgan fingerprint density at radius 2 is 2.19 bits per heavy atom. The normalized spacial score (nSPS) is 13.9. The zero-order chi connectivity index (χ0) is 14.8. The molecule has 0 unspecified atom stereocenters. The predicted molar refractivity (Wildman–Crippen MR) is 76.9 cm³/mol. The van der Waals surface area contributed by atoms with Crippen LogP contribution in [0.3, 0.4) is 0 Å². The van der Waals surface area contributed by atoms with E-state index < -0.39 is 11.6 Å². The summed E-state index contributed by atoms with van der Waals surface area (Å²) in [6.45, 7) is 0.678. The molecule has 3 rings (SSSR count). The number of hydrogen-bond acceptors (Lipinski definition) is 4. The smallest absolute Gasteiger partial charge is 0.311 e. The van der Waals surface area contributed by atoms with Crippen LogP contribution in [-0.4, -0.2) is 16.5 Å². The van der Waals surface area contributed by atoms with Crippen molar-refractivity contribution in [2.45, 2.75) is 19.6 Å². The van der Waals surface area contributed by atoms with E-state index in [1.165, 1.54) is 11.6 Å². The summed E-state index contributed by atoms with van der Waals surface area (Å²) in [6, 6.07) is 8.57. The zero-order valence-corrected chi connectivity index (χ0v) is 11.3. The molecule has 0 N–H and O–H groups in total. The van der Waals surface area contributed by atoms with Gasteiger partial charge in [-0.15, -0.1) is 0 Å². The standard InChI is InChI=1S/C15H14FN3O2/c16-9-11-3-4-12-5-7-18(10-13(12)8-11)15-14(19(20)21)2-1-6-17-15/h1-4,6,8H,5,7,9-10H2. The SMILES string of the molecule is O=[N+]([O-])c1cccnc1N1CCc2ccc(CF)cc2C1. The van der Waals surface area contributed by atoms with Gasteiger partial charge in [-0.05, 0) is 29.2 Å². The van der Waals surface area contributed by atoms with Gasteiger partial charge in [0.15, 0.2) is 0 Å².